The zero-order chi connectivity index (χ0) is 12.2. The van der Waals surface area contributed by atoms with Gasteiger partial charge < -0.3 is 0 Å². The molecule has 1 aromatic carbocycles. The Kier molecular flexibility index (Phi) is 4.25. The van der Waals surface area contributed by atoms with Crippen LogP contribution in [0.25, 0.3) is 0 Å². The molecule has 0 unspecified atom stereocenters. The molecule has 0 aromatic heterocycles. The highest BCUT2D eigenvalue weighted by molar-refractivity contribution is 7.99. The van der Waals surface area contributed by atoms with Crippen LogP contribution in [0.1, 0.15) is 24.5 Å². The highest BCUT2D eigenvalue weighted by Gasteiger charge is 2.33. The van der Waals surface area contributed by atoms with Gasteiger partial charge in [0.15, 0.2) is 0 Å². The van der Waals surface area contributed by atoms with Gasteiger partial charge in [-0.25, -0.2) is 0 Å². The van der Waals surface area contributed by atoms with E-state index in [0.717, 1.165) is 24.2 Å². The lowest BCUT2D eigenvalue weighted by molar-refractivity contribution is -0.139. The fraction of sp³-hybridized carbons (Fsp3) is 0.364. The summed E-state index contributed by atoms with van der Waals surface area (Å²) in [5.41, 5.74) is -0.682. The summed E-state index contributed by atoms with van der Waals surface area (Å²) in [7, 11) is 0. The fourth-order valence-electron chi connectivity index (χ4n) is 1.16. The number of hydrogen-bond donors (Lipinski definition) is 0. The van der Waals surface area contributed by atoms with Crippen molar-refractivity contribution >= 4 is 11.8 Å². The van der Waals surface area contributed by atoms with Gasteiger partial charge in [0, 0.05) is 4.90 Å². The number of alkyl halides is 3. The maximum Gasteiger partial charge on any atom is 0.417 e. The third-order valence-electron chi connectivity index (χ3n) is 1.88. The van der Waals surface area contributed by atoms with Crippen LogP contribution in [0.3, 0.4) is 0 Å². The summed E-state index contributed by atoms with van der Waals surface area (Å²) in [6.07, 6.45) is -3.59. The first kappa shape index (κ1) is 12.9. The number of rotatable bonds is 3. The van der Waals surface area contributed by atoms with E-state index in [-0.39, 0.29) is 10.5 Å². The minimum Gasteiger partial charge on any atom is -0.192 e. The number of hydrogen-bond acceptors (Lipinski definition) is 2. The topological polar surface area (TPSA) is 23.8 Å². The average molecular weight is 245 g/mol. The van der Waals surface area contributed by atoms with Gasteiger partial charge in [-0.2, -0.15) is 18.4 Å². The van der Waals surface area contributed by atoms with Gasteiger partial charge in [-0.05, 0) is 30.4 Å². The molecule has 1 rings (SSSR count). The van der Waals surface area contributed by atoms with Crippen LogP contribution in [0.5, 0.6) is 0 Å². The van der Waals surface area contributed by atoms with Crippen LogP contribution < -0.4 is 0 Å². The number of nitriles is 1. The van der Waals surface area contributed by atoms with E-state index in [1.54, 1.807) is 6.07 Å². The van der Waals surface area contributed by atoms with Crippen molar-refractivity contribution < 1.29 is 13.2 Å². The average Bonchev–Trinajstić information content (AvgIpc) is 2.25. The highest BCUT2D eigenvalue weighted by atomic mass is 32.2. The van der Waals surface area contributed by atoms with Crippen LogP contribution in [-0.4, -0.2) is 5.75 Å². The molecule has 0 atom stereocenters. The summed E-state index contributed by atoms with van der Waals surface area (Å²) < 4.78 is 38.0. The van der Waals surface area contributed by atoms with Crippen molar-refractivity contribution in [3.63, 3.8) is 0 Å². The Morgan fingerprint density at radius 1 is 1.38 bits per heavy atom. The van der Waals surface area contributed by atoms with Crippen molar-refractivity contribution in [1.82, 2.24) is 0 Å². The molecule has 1 nitrogen and oxygen atoms in total. The lowest BCUT2D eigenvalue weighted by Crippen LogP contribution is -2.07. The van der Waals surface area contributed by atoms with E-state index >= 15 is 0 Å². The Labute approximate surface area is 96.3 Å². The second-order valence-electron chi connectivity index (χ2n) is 3.17. The van der Waals surface area contributed by atoms with E-state index in [4.69, 9.17) is 5.26 Å². The molecular weight excluding hydrogens is 235 g/mol. The van der Waals surface area contributed by atoms with Gasteiger partial charge in [0.25, 0.3) is 0 Å². The van der Waals surface area contributed by atoms with Crippen LogP contribution in [-0.2, 0) is 6.18 Å². The van der Waals surface area contributed by atoms with Gasteiger partial charge in [0.2, 0.25) is 0 Å². The quantitative estimate of drug-likeness (QED) is 0.749. The van der Waals surface area contributed by atoms with E-state index in [1.807, 2.05) is 6.92 Å². The number of halogens is 3. The molecule has 0 amide bonds. The lowest BCUT2D eigenvalue weighted by atomic mass is 10.1. The van der Waals surface area contributed by atoms with E-state index in [1.165, 1.54) is 12.1 Å². The molecule has 0 bridgehead atoms. The maximum atomic E-state index is 12.7. The van der Waals surface area contributed by atoms with Crippen molar-refractivity contribution in [2.75, 3.05) is 5.75 Å². The molecule has 16 heavy (non-hydrogen) atoms. The highest BCUT2D eigenvalue weighted by Crippen LogP contribution is 2.37. The van der Waals surface area contributed by atoms with Gasteiger partial charge in [-0.3, -0.25) is 0 Å². The monoisotopic (exact) mass is 245 g/mol. The van der Waals surface area contributed by atoms with Gasteiger partial charge in [0.1, 0.15) is 0 Å². The fourth-order valence-corrected chi connectivity index (χ4v) is 2.08. The predicted octanol–water partition coefficient (Wildman–Crippen LogP) is 4.08. The molecular formula is C11H10F3NS. The zero-order valence-corrected chi connectivity index (χ0v) is 9.45. The van der Waals surface area contributed by atoms with Gasteiger partial charge in [-0.15, -0.1) is 11.8 Å². The van der Waals surface area contributed by atoms with E-state index in [9.17, 15) is 13.2 Å². The molecule has 0 aliphatic rings. The van der Waals surface area contributed by atoms with Crippen LogP contribution in [0.4, 0.5) is 13.2 Å². The van der Waals surface area contributed by atoms with Crippen LogP contribution >= 0.6 is 11.8 Å². The minimum absolute atomic E-state index is 0.0353. The molecule has 0 saturated carbocycles. The molecule has 0 aliphatic heterocycles. The smallest absolute Gasteiger partial charge is 0.192 e. The lowest BCUT2D eigenvalue weighted by Gasteiger charge is -2.12. The summed E-state index contributed by atoms with van der Waals surface area (Å²) in [5.74, 6) is 0.634. The molecule has 0 saturated heterocycles. The Morgan fingerprint density at radius 2 is 2.06 bits per heavy atom. The van der Waals surface area contributed by atoms with Gasteiger partial charge in [-0.1, -0.05) is 6.92 Å². The SMILES string of the molecule is CCCSc1ccc(C#N)cc1C(F)(F)F. The van der Waals surface area contributed by atoms with Crippen molar-refractivity contribution in [3.05, 3.63) is 29.3 Å². The Balaban J connectivity index is 3.13. The molecule has 5 heteroatoms. The third kappa shape index (κ3) is 3.17. The van der Waals surface area contributed by atoms with Crippen molar-refractivity contribution in [1.29, 1.82) is 5.26 Å². The number of nitrogens with zero attached hydrogens (tertiary/aromatic N) is 1. The molecule has 0 spiro atoms. The van der Waals surface area contributed by atoms with Gasteiger partial charge in [0.05, 0.1) is 17.2 Å². The number of thioether (sulfide) groups is 1. The molecule has 0 N–H and O–H groups in total. The van der Waals surface area contributed by atoms with Crippen LogP contribution in [0.15, 0.2) is 23.1 Å². The van der Waals surface area contributed by atoms with Crippen molar-refractivity contribution in [2.45, 2.75) is 24.4 Å². The maximum absolute atomic E-state index is 12.7. The molecule has 0 heterocycles. The summed E-state index contributed by atoms with van der Waals surface area (Å²) >= 11 is 1.16. The summed E-state index contributed by atoms with van der Waals surface area (Å²) in [6.45, 7) is 1.91. The Hall–Kier alpha value is -1.15. The molecule has 0 fully saturated rings. The Bertz CT molecular complexity index is 407. The van der Waals surface area contributed by atoms with E-state index in [0.29, 0.717) is 5.75 Å². The standard InChI is InChI=1S/C11H10F3NS/c1-2-5-16-10-4-3-8(7-15)6-9(10)11(12,13)14/h3-4,6H,2,5H2,1H3. The second-order valence-corrected chi connectivity index (χ2v) is 4.31. The van der Waals surface area contributed by atoms with E-state index < -0.39 is 11.7 Å². The summed E-state index contributed by atoms with van der Waals surface area (Å²) in [6, 6.07) is 5.39. The second kappa shape index (κ2) is 5.26. The van der Waals surface area contributed by atoms with Gasteiger partial charge >= 0.3 is 6.18 Å². The molecule has 1 aromatic rings. The summed E-state index contributed by atoms with van der Waals surface area (Å²) in [4.78, 5) is 0.188. The van der Waals surface area contributed by atoms with Crippen molar-refractivity contribution in [3.8, 4) is 6.07 Å². The first-order chi connectivity index (χ1) is 7.49. The Morgan fingerprint density at radius 3 is 2.56 bits per heavy atom. The molecule has 86 valence electrons. The van der Waals surface area contributed by atoms with Crippen LogP contribution in [0, 0.1) is 11.3 Å². The first-order valence-corrected chi connectivity index (χ1v) is 5.71. The van der Waals surface area contributed by atoms with E-state index in [2.05, 4.69) is 0 Å². The first-order valence-electron chi connectivity index (χ1n) is 4.73. The molecule has 0 aliphatic carbocycles. The normalized spacial score (nSPS) is 11.2. The zero-order valence-electron chi connectivity index (χ0n) is 8.64. The third-order valence-corrected chi connectivity index (χ3v) is 3.16. The van der Waals surface area contributed by atoms with Crippen molar-refractivity contribution in [2.24, 2.45) is 0 Å². The van der Waals surface area contributed by atoms with Crippen LogP contribution in [0.2, 0.25) is 0 Å². The molecule has 0 radical (unpaired) electrons. The predicted molar refractivity (Wildman–Crippen MR) is 57.2 cm³/mol. The summed E-state index contributed by atoms with van der Waals surface area (Å²) in [5, 5.41) is 8.57. The largest absolute Gasteiger partial charge is 0.417 e. The minimum atomic E-state index is -4.40. The number of benzene rings is 1.